The third-order valence-electron chi connectivity index (χ3n) is 4.39. The number of carbonyl (C=O) groups is 2. The Bertz CT molecular complexity index is 1090. The largest absolute Gasteiger partial charge is 0.339 e. The molecule has 0 saturated heterocycles. The van der Waals surface area contributed by atoms with Crippen LogP contribution in [-0.4, -0.2) is 44.3 Å². The Morgan fingerprint density at radius 2 is 1.71 bits per heavy atom. The molecule has 7 nitrogen and oxygen atoms in total. The van der Waals surface area contributed by atoms with Crippen LogP contribution in [0.3, 0.4) is 0 Å². The first-order chi connectivity index (χ1) is 14.5. The summed E-state index contributed by atoms with van der Waals surface area (Å²) in [5.74, 6) is -1.96. The molecule has 2 amide bonds. The maximum absolute atomic E-state index is 14.2. The molecule has 168 valence electrons. The lowest BCUT2D eigenvalue weighted by Gasteiger charge is -2.19. The SMILES string of the molecule is CCN(CC)C(=O)c1ccc(NC(=O)c2cc(S(=O)(=O)NC(C)C)ccc2F)cc1Cl. The van der Waals surface area contributed by atoms with Crippen LogP contribution in [-0.2, 0) is 10.0 Å². The van der Waals surface area contributed by atoms with E-state index in [1.54, 1.807) is 18.7 Å². The molecule has 0 fully saturated rings. The van der Waals surface area contributed by atoms with Crippen LogP contribution in [0.4, 0.5) is 10.1 Å². The van der Waals surface area contributed by atoms with E-state index in [0.717, 1.165) is 18.2 Å². The summed E-state index contributed by atoms with van der Waals surface area (Å²) in [5.41, 5.74) is 0.0764. The Hall–Kier alpha value is -2.49. The second-order valence-electron chi connectivity index (χ2n) is 7.04. The fraction of sp³-hybridized carbons (Fsp3) is 0.333. The zero-order chi connectivity index (χ0) is 23.3. The summed E-state index contributed by atoms with van der Waals surface area (Å²) in [7, 11) is -3.90. The fourth-order valence-electron chi connectivity index (χ4n) is 2.87. The van der Waals surface area contributed by atoms with Gasteiger partial charge in [-0.1, -0.05) is 11.6 Å². The van der Waals surface area contributed by atoms with Crippen LogP contribution in [0.2, 0.25) is 5.02 Å². The molecule has 2 aromatic rings. The molecule has 0 atom stereocenters. The number of benzene rings is 2. The van der Waals surface area contributed by atoms with Gasteiger partial charge >= 0.3 is 0 Å². The minimum Gasteiger partial charge on any atom is -0.339 e. The van der Waals surface area contributed by atoms with Gasteiger partial charge in [-0.05, 0) is 64.1 Å². The molecule has 0 aromatic heterocycles. The van der Waals surface area contributed by atoms with Crippen molar-refractivity contribution in [1.29, 1.82) is 0 Å². The molecule has 0 bridgehead atoms. The number of hydrogen-bond acceptors (Lipinski definition) is 4. The van der Waals surface area contributed by atoms with Gasteiger partial charge in [-0.3, -0.25) is 9.59 Å². The van der Waals surface area contributed by atoms with E-state index in [-0.39, 0.29) is 33.1 Å². The normalized spacial score (nSPS) is 11.5. The minimum atomic E-state index is -3.90. The van der Waals surface area contributed by atoms with Gasteiger partial charge in [-0.25, -0.2) is 17.5 Å². The zero-order valence-corrected chi connectivity index (χ0v) is 19.3. The number of hydrogen-bond donors (Lipinski definition) is 2. The van der Waals surface area contributed by atoms with E-state index in [1.807, 2.05) is 13.8 Å². The van der Waals surface area contributed by atoms with Crippen molar-refractivity contribution in [2.24, 2.45) is 0 Å². The highest BCUT2D eigenvalue weighted by Crippen LogP contribution is 2.24. The highest BCUT2D eigenvalue weighted by molar-refractivity contribution is 7.89. The van der Waals surface area contributed by atoms with E-state index < -0.39 is 27.3 Å². The molecule has 0 aliphatic rings. The predicted molar refractivity (Wildman–Crippen MR) is 119 cm³/mol. The summed E-state index contributed by atoms with van der Waals surface area (Å²) >= 11 is 6.22. The molecule has 0 saturated carbocycles. The average molecular weight is 470 g/mol. The molecule has 0 spiro atoms. The summed E-state index contributed by atoms with van der Waals surface area (Å²) in [4.78, 5) is 26.4. The van der Waals surface area contributed by atoms with E-state index >= 15 is 0 Å². The molecule has 0 unspecified atom stereocenters. The van der Waals surface area contributed by atoms with Crippen LogP contribution in [0, 0.1) is 5.82 Å². The fourth-order valence-corrected chi connectivity index (χ4v) is 4.41. The standard InChI is InChI=1S/C21H25ClFN3O4S/c1-5-26(6-2)21(28)16-9-7-14(11-18(16)22)24-20(27)17-12-15(8-10-19(17)23)31(29,30)25-13(3)4/h7-13,25H,5-6H2,1-4H3,(H,24,27). The lowest BCUT2D eigenvalue weighted by molar-refractivity contribution is 0.0773. The van der Waals surface area contributed by atoms with Crippen LogP contribution in [0.25, 0.3) is 0 Å². The summed E-state index contributed by atoms with van der Waals surface area (Å²) < 4.78 is 41.3. The molecule has 0 radical (unpaired) electrons. The van der Waals surface area contributed by atoms with Gasteiger partial charge in [0.15, 0.2) is 0 Å². The van der Waals surface area contributed by atoms with Crippen LogP contribution < -0.4 is 10.0 Å². The number of carbonyl (C=O) groups excluding carboxylic acids is 2. The second kappa shape index (κ2) is 10.2. The van der Waals surface area contributed by atoms with Crippen molar-refractivity contribution < 1.29 is 22.4 Å². The Morgan fingerprint density at radius 1 is 1.06 bits per heavy atom. The number of nitrogens with one attached hydrogen (secondary N) is 2. The molecule has 0 aliphatic heterocycles. The van der Waals surface area contributed by atoms with Gasteiger partial charge < -0.3 is 10.2 Å². The van der Waals surface area contributed by atoms with Crippen LogP contribution in [0.5, 0.6) is 0 Å². The monoisotopic (exact) mass is 469 g/mol. The van der Waals surface area contributed by atoms with Crippen molar-refractivity contribution in [2.45, 2.75) is 38.6 Å². The van der Waals surface area contributed by atoms with E-state index in [2.05, 4.69) is 10.0 Å². The number of sulfonamides is 1. The molecule has 2 rings (SSSR count). The lowest BCUT2D eigenvalue weighted by Crippen LogP contribution is -2.30. The van der Waals surface area contributed by atoms with Gasteiger partial charge in [0.1, 0.15) is 5.82 Å². The molecule has 0 aliphatic carbocycles. The highest BCUT2D eigenvalue weighted by Gasteiger charge is 2.21. The first-order valence-corrected chi connectivity index (χ1v) is 11.6. The van der Waals surface area contributed by atoms with Gasteiger partial charge in [-0.2, -0.15) is 0 Å². The quantitative estimate of drug-likeness (QED) is 0.612. The summed E-state index contributed by atoms with van der Waals surface area (Å²) in [6.07, 6.45) is 0. The average Bonchev–Trinajstić information content (AvgIpc) is 2.68. The smallest absolute Gasteiger partial charge is 0.258 e. The number of anilines is 1. The highest BCUT2D eigenvalue weighted by atomic mass is 35.5. The van der Waals surface area contributed by atoms with Gasteiger partial charge in [-0.15, -0.1) is 0 Å². The van der Waals surface area contributed by atoms with E-state index in [9.17, 15) is 22.4 Å². The summed E-state index contributed by atoms with van der Waals surface area (Å²) in [6.45, 7) is 8.04. The van der Waals surface area contributed by atoms with E-state index in [1.165, 1.54) is 18.2 Å². The van der Waals surface area contributed by atoms with Gasteiger partial charge in [0, 0.05) is 24.8 Å². The number of halogens is 2. The maximum atomic E-state index is 14.2. The number of amides is 2. The molecule has 2 N–H and O–H groups in total. The van der Waals surface area contributed by atoms with Crippen molar-refractivity contribution in [3.63, 3.8) is 0 Å². The zero-order valence-electron chi connectivity index (χ0n) is 17.7. The lowest BCUT2D eigenvalue weighted by atomic mass is 10.1. The Kier molecular flexibility index (Phi) is 8.16. The van der Waals surface area contributed by atoms with Gasteiger partial charge in [0.25, 0.3) is 11.8 Å². The number of nitrogens with zero attached hydrogens (tertiary/aromatic N) is 1. The first-order valence-electron chi connectivity index (χ1n) is 9.72. The topological polar surface area (TPSA) is 95.6 Å². The predicted octanol–water partition coefficient (Wildman–Crippen LogP) is 3.90. The van der Waals surface area contributed by atoms with E-state index in [0.29, 0.717) is 13.1 Å². The maximum Gasteiger partial charge on any atom is 0.258 e. The molecular formula is C21H25ClFN3O4S. The molecular weight excluding hydrogens is 445 g/mol. The third-order valence-corrected chi connectivity index (χ3v) is 6.36. The second-order valence-corrected chi connectivity index (χ2v) is 9.17. The van der Waals surface area contributed by atoms with Crippen molar-refractivity contribution in [2.75, 3.05) is 18.4 Å². The summed E-state index contributed by atoms with van der Waals surface area (Å²) in [6, 6.07) is 6.93. The van der Waals surface area contributed by atoms with Crippen LogP contribution in [0.1, 0.15) is 48.4 Å². The Labute approximate surface area is 186 Å². The first kappa shape index (κ1) is 24.8. The minimum absolute atomic E-state index is 0.132. The Balaban J connectivity index is 2.29. The van der Waals surface area contributed by atoms with Gasteiger partial charge in [0.05, 0.1) is 21.0 Å². The van der Waals surface area contributed by atoms with Crippen molar-refractivity contribution in [1.82, 2.24) is 9.62 Å². The van der Waals surface area contributed by atoms with Crippen LogP contribution in [0.15, 0.2) is 41.3 Å². The van der Waals surface area contributed by atoms with E-state index in [4.69, 9.17) is 11.6 Å². The van der Waals surface area contributed by atoms with Crippen molar-refractivity contribution in [3.05, 3.63) is 58.4 Å². The van der Waals surface area contributed by atoms with Crippen molar-refractivity contribution >= 4 is 39.1 Å². The van der Waals surface area contributed by atoms with Crippen molar-refractivity contribution in [3.8, 4) is 0 Å². The molecule has 31 heavy (non-hydrogen) atoms. The summed E-state index contributed by atoms with van der Waals surface area (Å²) in [5, 5.41) is 2.61. The van der Waals surface area contributed by atoms with Gasteiger partial charge in [0.2, 0.25) is 10.0 Å². The third kappa shape index (κ3) is 6.03. The van der Waals surface area contributed by atoms with Crippen LogP contribution >= 0.6 is 11.6 Å². The molecule has 2 aromatic carbocycles. The molecule has 10 heteroatoms. The Morgan fingerprint density at radius 3 is 2.26 bits per heavy atom. The number of rotatable bonds is 8. The molecule has 0 heterocycles.